The van der Waals surface area contributed by atoms with Crippen molar-refractivity contribution in [2.45, 2.75) is 25.4 Å². The highest BCUT2D eigenvalue weighted by Gasteiger charge is 2.32. The average Bonchev–Trinajstić information content (AvgIpc) is 2.68. The molecule has 0 aromatic heterocycles. The summed E-state index contributed by atoms with van der Waals surface area (Å²) in [5.74, 6) is -0.712. The van der Waals surface area contributed by atoms with Crippen molar-refractivity contribution in [2.75, 3.05) is 12.8 Å². The number of nitrogens with two attached hydrogens (primary N) is 1. The quantitative estimate of drug-likeness (QED) is 0.261. The van der Waals surface area contributed by atoms with E-state index in [2.05, 4.69) is 15.7 Å². The van der Waals surface area contributed by atoms with Crippen LogP contribution in [-0.2, 0) is 11.0 Å². The molecule has 0 bridgehead atoms. The predicted octanol–water partition coefficient (Wildman–Crippen LogP) is 2.29. The zero-order chi connectivity index (χ0) is 22.6. The van der Waals surface area contributed by atoms with Crippen LogP contribution in [0.3, 0.4) is 0 Å². The zero-order valence-electron chi connectivity index (χ0n) is 16.0. The highest BCUT2D eigenvalue weighted by Crippen LogP contribution is 2.32. The number of amides is 1. The number of nitrogens with zero attached hydrogens (tertiary/aromatic N) is 2. The first-order chi connectivity index (χ1) is 14.0. The number of carbonyl (C=O) groups excluding carboxylic acids is 1. The van der Waals surface area contributed by atoms with Gasteiger partial charge in [-0.05, 0) is 42.8 Å². The van der Waals surface area contributed by atoms with Crippen LogP contribution in [0.15, 0.2) is 46.3 Å². The Hall–Kier alpha value is -3.05. The number of benzene rings is 1. The number of allylic oxidation sites excluding steroid dienone is 1. The summed E-state index contributed by atoms with van der Waals surface area (Å²) in [6, 6.07) is 2.22. The van der Waals surface area contributed by atoms with Crippen LogP contribution in [0.25, 0.3) is 0 Å². The summed E-state index contributed by atoms with van der Waals surface area (Å²) < 4.78 is 39.0. The number of nitrogen functional groups attached to an aromatic ring is 1. The van der Waals surface area contributed by atoms with Crippen molar-refractivity contribution >= 4 is 35.1 Å². The lowest BCUT2D eigenvalue weighted by atomic mass is 10.0. The van der Waals surface area contributed by atoms with Crippen molar-refractivity contribution in [3.05, 3.63) is 52.3 Å². The number of aliphatic hydroxyl groups excluding tert-OH is 1. The lowest BCUT2D eigenvalue weighted by molar-refractivity contribution is -0.137. The maximum atomic E-state index is 13.0. The molecule has 0 fully saturated rings. The number of alkyl halides is 3. The molecule has 0 saturated carbocycles. The monoisotopic (exact) mass is 444 g/mol. The van der Waals surface area contributed by atoms with Crippen LogP contribution in [0.2, 0.25) is 0 Å². The van der Waals surface area contributed by atoms with E-state index in [9.17, 15) is 23.1 Å². The molecule has 1 unspecified atom stereocenters. The third-order valence-electron chi connectivity index (χ3n) is 4.11. The fourth-order valence-electron chi connectivity index (χ4n) is 2.59. The van der Waals surface area contributed by atoms with E-state index < -0.39 is 29.9 Å². The number of carbonyl (C=O) groups is 1. The molecule has 6 N–H and O–H groups in total. The summed E-state index contributed by atoms with van der Waals surface area (Å²) in [6.07, 6.45) is -2.52. The van der Waals surface area contributed by atoms with E-state index in [0.717, 1.165) is 23.4 Å². The van der Waals surface area contributed by atoms with Gasteiger partial charge in [0, 0.05) is 18.9 Å². The first-order valence-electron chi connectivity index (χ1n) is 8.58. The van der Waals surface area contributed by atoms with Crippen LogP contribution in [0.4, 0.5) is 18.9 Å². The fraction of sp³-hybridized carbons (Fsp3) is 0.278. The maximum absolute atomic E-state index is 13.0. The molecule has 0 aliphatic carbocycles. The largest absolute Gasteiger partial charge is 0.416 e. The topological polar surface area (TPSA) is 127 Å². The van der Waals surface area contributed by atoms with Crippen molar-refractivity contribution in [3.63, 3.8) is 0 Å². The summed E-state index contributed by atoms with van der Waals surface area (Å²) in [7, 11) is 1.50. The molecule has 1 aromatic rings. The van der Waals surface area contributed by atoms with E-state index in [1.165, 1.54) is 32.2 Å². The van der Waals surface area contributed by atoms with Gasteiger partial charge in [0.25, 0.3) is 5.91 Å². The SMILES string of the molecule is CN/C(Cl)=C(\C=N)N1N=C(C(=O)N[C@H](C)c2cc(N)cc(C(F)(F)F)c2)C=CC1O. The van der Waals surface area contributed by atoms with E-state index in [1.54, 1.807) is 0 Å². The van der Waals surface area contributed by atoms with Crippen LogP contribution in [0, 0.1) is 5.41 Å². The number of hydrogen-bond acceptors (Lipinski definition) is 7. The van der Waals surface area contributed by atoms with Gasteiger partial charge in [-0.2, -0.15) is 18.3 Å². The van der Waals surface area contributed by atoms with Crippen LogP contribution < -0.4 is 16.4 Å². The minimum atomic E-state index is -4.58. The van der Waals surface area contributed by atoms with Gasteiger partial charge in [-0.25, -0.2) is 5.01 Å². The van der Waals surface area contributed by atoms with Gasteiger partial charge in [-0.3, -0.25) is 4.79 Å². The first-order valence-corrected chi connectivity index (χ1v) is 8.96. The number of nitrogens with one attached hydrogen (secondary N) is 3. The summed E-state index contributed by atoms with van der Waals surface area (Å²) in [5, 5.41) is 27.6. The Kier molecular flexibility index (Phi) is 7.11. The second kappa shape index (κ2) is 9.18. The second-order valence-electron chi connectivity index (χ2n) is 6.28. The Morgan fingerprint density at radius 3 is 2.67 bits per heavy atom. The van der Waals surface area contributed by atoms with Crippen LogP contribution in [-0.4, -0.2) is 41.2 Å². The van der Waals surface area contributed by atoms with Gasteiger partial charge in [0.05, 0.1) is 11.6 Å². The standard InChI is InChI=1S/C18H20ClF3N6O2/c1-9(10-5-11(18(20,21)22)7-12(24)6-10)26-17(30)13-3-4-15(29)28(27-13)14(8-23)16(19)25-2/h3-9,15,23,25,29H,24H2,1-2H3,(H,26,30)/b16-14+,23-8?/t9-,15?/m1/s1. The van der Waals surface area contributed by atoms with E-state index in [0.29, 0.717) is 0 Å². The van der Waals surface area contributed by atoms with Gasteiger partial charge < -0.3 is 26.9 Å². The highest BCUT2D eigenvalue weighted by atomic mass is 35.5. The molecule has 1 aliphatic heterocycles. The predicted molar refractivity (Wildman–Crippen MR) is 108 cm³/mol. The van der Waals surface area contributed by atoms with Crippen LogP contribution in [0.5, 0.6) is 0 Å². The molecule has 162 valence electrons. The molecule has 2 atom stereocenters. The number of anilines is 1. The number of hydrogen-bond donors (Lipinski definition) is 5. The summed E-state index contributed by atoms with van der Waals surface area (Å²) in [4.78, 5) is 12.6. The van der Waals surface area contributed by atoms with Crippen molar-refractivity contribution in [2.24, 2.45) is 5.10 Å². The normalized spacial score (nSPS) is 18.3. The average molecular weight is 445 g/mol. The molecule has 30 heavy (non-hydrogen) atoms. The molecular weight excluding hydrogens is 425 g/mol. The zero-order valence-corrected chi connectivity index (χ0v) is 16.7. The summed E-state index contributed by atoms with van der Waals surface area (Å²) in [6.45, 7) is 1.49. The maximum Gasteiger partial charge on any atom is 0.416 e. The molecule has 1 aliphatic rings. The minimum absolute atomic E-state index is 0.0000158. The Bertz CT molecular complexity index is 929. The molecular formula is C18H20ClF3N6O2. The third-order valence-corrected chi connectivity index (χ3v) is 4.49. The van der Waals surface area contributed by atoms with Crippen LogP contribution >= 0.6 is 11.6 Å². The van der Waals surface area contributed by atoms with Gasteiger partial charge >= 0.3 is 6.18 Å². The number of aliphatic hydroxyl groups is 1. The molecule has 8 nitrogen and oxygen atoms in total. The van der Waals surface area contributed by atoms with Crippen LogP contribution in [0.1, 0.15) is 24.1 Å². The fourth-order valence-corrected chi connectivity index (χ4v) is 2.73. The van der Waals surface area contributed by atoms with E-state index in [-0.39, 0.29) is 27.8 Å². The molecule has 0 saturated heterocycles. The van der Waals surface area contributed by atoms with Gasteiger partial charge in [0.15, 0.2) is 6.23 Å². The van der Waals surface area contributed by atoms with Gasteiger partial charge in [-0.15, -0.1) is 0 Å². The lowest BCUT2D eigenvalue weighted by Crippen LogP contribution is -2.39. The molecule has 1 amide bonds. The number of hydrazone groups is 1. The Balaban J connectivity index is 2.27. The summed E-state index contributed by atoms with van der Waals surface area (Å²) in [5.41, 5.74) is 4.56. The van der Waals surface area contributed by atoms with Crippen molar-refractivity contribution < 1.29 is 23.1 Å². The third kappa shape index (κ3) is 5.30. The van der Waals surface area contributed by atoms with Crippen molar-refractivity contribution in [3.8, 4) is 0 Å². The van der Waals surface area contributed by atoms with Gasteiger partial charge in [-0.1, -0.05) is 11.6 Å². The van der Waals surface area contributed by atoms with Crippen molar-refractivity contribution in [1.82, 2.24) is 15.6 Å². The molecule has 1 heterocycles. The number of halogens is 4. The molecule has 1 aromatic carbocycles. The highest BCUT2D eigenvalue weighted by molar-refractivity contribution is 6.43. The van der Waals surface area contributed by atoms with Gasteiger partial charge in [0.2, 0.25) is 0 Å². The Labute approximate surface area is 175 Å². The summed E-state index contributed by atoms with van der Waals surface area (Å²) >= 11 is 5.96. The van der Waals surface area contributed by atoms with Gasteiger partial charge in [0.1, 0.15) is 16.6 Å². The first kappa shape index (κ1) is 23.2. The smallest absolute Gasteiger partial charge is 0.399 e. The molecule has 2 rings (SSSR count). The Morgan fingerprint density at radius 1 is 1.43 bits per heavy atom. The lowest BCUT2D eigenvalue weighted by Gasteiger charge is -2.27. The molecule has 0 radical (unpaired) electrons. The van der Waals surface area contributed by atoms with Crippen molar-refractivity contribution in [1.29, 1.82) is 5.41 Å². The second-order valence-corrected chi connectivity index (χ2v) is 6.66. The molecule has 12 heteroatoms. The Morgan fingerprint density at radius 2 is 2.10 bits per heavy atom. The number of rotatable bonds is 6. The minimum Gasteiger partial charge on any atom is -0.399 e. The van der Waals surface area contributed by atoms with E-state index in [4.69, 9.17) is 22.7 Å². The van der Waals surface area contributed by atoms with E-state index in [1.807, 2.05) is 0 Å². The molecule has 0 spiro atoms. The van der Waals surface area contributed by atoms with E-state index >= 15 is 0 Å².